The van der Waals surface area contributed by atoms with E-state index in [-0.39, 0.29) is 6.10 Å². The minimum Gasteiger partial charge on any atom is -0.391 e. The topological polar surface area (TPSA) is 49.2 Å². The molecule has 0 spiro atoms. The average molecular weight is 275 g/mol. The second-order valence-electron chi connectivity index (χ2n) is 6.45. The summed E-state index contributed by atoms with van der Waals surface area (Å²) in [6.45, 7) is 3.02. The number of aliphatic hydroxyl groups excluding tert-OH is 1. The molecule has 0 bridgehead atoms. The number of hydrogen-bond acceptors (Lipinski definition) is 4. The summed E-state index contributed by atoms with van der Waals surface area (Å²) in [5.74, 6) is 1.17. The number of hydrogen-bond donors (Lipinski definition) is 1. The summed E-state index contributed by atoms with van der Waals surface area (Å²) in [6, 6.07) is 0. The van der Waals surface area contributed by atoms with E-state index >= 15 is 0 Å². The Hall–Kier alpha value is -1.00. The molecule has 1 aliphatic heterocycles. The van der Waals surface area contributed by atoms with Gasteiger partial charge in [-0.3, -0.25) is 9.97 Å². The SMILES string of the molecule is O[C@@H]1CN(CC2CCCCC2)C[C@H]1Cc1cnccn1. The summed E-state index contributed by atoms with van der Waals surface area (Å²) in [7, 11) is 0. The predicted octanol–water partition coefficient (Wildman–Crippen LogP) is 1.89. The molecule has 2 heterocycles. The maximum absolute atomic E-state index is 10.3. The number of aromatic nitrogens is 2. The molecule has 1 aliphatic carbocycles. The number of aliphatic hydroxyl groups is 1. The van der Waals surface area contributed by atoms with Gasteiger partial charge in [-0.2, -0.15) is 0 Å². The van der Waals surface area contributed by atoms with Gasteiger partial charge in [0.15, 0.2) is 0 Å². The molecule has 4 heteroatoms. The Kier molecular flexibility index (Phi) is 4.63. The lowest BCUT2D eigenvalue weighted by Crippen LogP contribution is -2.29. The minimum atomic E-state index is -0.208. The molecule has 1 aromatic rings. The van der Waals surface area contributed by atoms with Gasteiger partial charge in [-0.15, -0.1) is 0 Å². The zero-order valence-corrected chi connectivity index (χ0v) is 12.1. The van der Waals surface area contributed by atoms with Crippen LogP contribution in [0.5, 0.6) is 0 Å². The molecule has 1 saturated carbocycles. The van der Waals surface area contributed by atoms with Crippen LogP contribution in [0.15, 0.2) is 18.6 Å². The highest BCUT2D eigenvalue weighted by Gasteiger charge is 2.32. The van der Waals surface area contributed by atoms with Gasteiger partial charge in [-0.05, 0) is 25.2 Å². The van der Waals surface area contributed by atoms with Crippen LogP contribution in [0.3, 0.4) is 0 Å². The summed E-state index contributed by atoms with van der Waals surface area (Å²) in [5.41, 5.74) is 0.996. The van der Waals surface area contributed by atoms with Crippen molar-refractivity contribution in [2.75, 3.05) is 19.6 Å². The van der Waals surface area contributed by atoms with Crippen LogP contribution in [-0.4, -0.2) is 45.7 Å². The van der Waals surface area contributed by atoms with E-state index in [0.717, 1.165) is 31.1 Å². The van der Waals surface area contributed by atoms with Gasteiger partial charge >= 0.3 is 0 Å². The molecule has 1 N–H and O–H groups in total. The molecule has 3 rings (SSSR count). The standard InChI is InChI=1S/C16H25N3O/c20-16-12-19(10-13-4-2-1-3-5-13)11-14(16)8-15-9-17-6-7-18-15/h6-7,9,13-14,16,20H,1-5,8,10-12H2/t14-,16-/m1/s1. The van der Waals surface area contributed by atoms with Crippen molar-refractivity contribution in [3.05, 3.63) is 24.3 Å². The molecule has 2 fully saturated rings. The molecule has 2 atom stereocenters. The second kappa shape index (κ2) is 6.64. The molecule has 0 aromatic carbocycles. The van der Waals surface area contributed by atoms with Crippen molar-refractivity contribution in [1.29, 1.82) is 0 Å². The Bertz CT molecular complexity index is 405. The van der Waals surface area contributed by atoms with Crippen molar-refractivity contribution in [2.24, 2.45) is 11.8 Å². The number of β-amino-alcohol motifs (C(OH)–C–C–N with tert-alkyl or cyclic N) is 1. The van der Waals surface area contributed by atoms with Crippen LogP contribution in [0.1, 0.15) is 37.8 Å². The van der Waals surface area contributed by atoms with Crippen molar-refractivity contribution >= 4 is 0 Å². The first kappa shape index (κ1) is 14.0. The fraction of sp³-hybridized carbons (Fsp3) is 0.750. The zero-order chi connectivity index (χ0) is 13.8. The maximum Gasteiger partial charge on any atom is 0.0711 e. The first-order valence-electron chi connectivity index (χ1n) is 7.96. The summed E-state index contributed by atoms with van der Waals surface area (Å²) in [4.78, 5) is 10.9. The van der Waals surface area contributed by atoms with Crippen molar-refractivity contribution in [2.45, 2.75) is 44.6 Å². The molecule has 4 nitrogen and oxygen atoms in total. The van der Waals surface area contributed by atoms with Crippen LogP contribution in [0, 0.1) is 11.8 Å². The predicted molar refractivity (Wildman–Crippen MR) is 78.2 cm³/mol. The average Bonchev–Trinajstić information content (AvgIpc) is 2.81. The van der Waals surface area contributed by atoms with E-state index in [0.29, 0.717) is 5.92 Å². The Morgan fingerprint density at radius 3 is 2.75 bits per heavy atom. The maximum atomic E-state index is 10.3. The van der Waals surface area contributed by atoms with Crippen LogP contribution in [0.2, 0.25) is 0 Å². The molecular weight excluding hydrogens is 250 g/mol. The van der Waals surface area contributed by atoms with Crippen molar-refractivity contribution < 1.29 is 5.11 Å². The third-order valence-corrected chi connectivity index (χ3v) is 4.81. The Morgan fingerprint density at radius 2 is 2.00 bits per heavy atom. The Morgan fingerprint density at radius 1 is 1.15 bits per heavy atom. The largest absolute Gasteiger partial charge is 0.391 e. The monoisotopic (exact) mass is 275 g/mol. The van der Waals surface area contributed by atoms with E-state index < -0.39 is 0 Å². The lowest BCUT2D eigenvalue weighted by molar-refractivity contribution is 0.137. The summed E-state index contributed by atoms with van der Waals surface area (Å²) < 4.78 is 0. The quantitative estimate of drug-likeness (QED) is 0.911. The Balaban J connectivity index is 1.51. The van der Waals surface area contributed by atoms with Crippen molar-refractivity contribution in [3.63, 3.8) is 0 Å². The minimum absolute atomic E-state index is 0.208. The summed E-state index contributed by atoms with van der Waals surface area (Å²) in [6.07, 6.45) is 12.8. The van der Waals surface area contributed by atoms with Crippen molar-refractivity contribution in [1.82, 2.24) is 14.9 Å². The van der Waals surface area contributed by atoms with E-state index in [4.69, 9.17) is 0 Å². The molecule has 1 aromatic heterocycles. The molecule has 0 unspecified atom stereocenters. The van der Waals surface area contributed by atoms with Crippen LogP contribution < -0.4 is 0 Å². The van der Waals surface area contributed by atoms with Crippen LogP contribution >= 0.6 is 0 Å². The number of rotatable bonds is 4. The van der Waals surface area contributed by atoms with Crippen LogP contribution in [0.4, 0.5) is 0 Å². The molecule has 0 radical (unpaired) electrons. The zero-order valence-electron chi connectivity index (χ0n) is 12.1. The molecule has 2 aliphatic rings. The van der Waals surface area contributed by atoms with Crippen LogP contribution in [-0.2, 0) is 6.42 Å². The third-order valence-electron chi connectivity index (χ3n) is 4.81. The van der Waals surface area contributed by atoms with Gasteiger partial charge in [-0.1, -0.05) is 19.3 Å². The number of likely N-dealkylation sites (tertiary alicyclic amines) is 1. The smallest absolute Gasteiger partial charge is 0.0711 e. The van der Waals surface area contributed by atoms with Gasteiger partial charge < -0.3 is 10.0 Å². The fourth-order valence-electron chi connectivity index (χ4n) is 3.73. The van der Waals surface area contributed by atoms with Gasteiger partial charge in [0.05, 0.1) is 11.8 Å². The Labute approximate surface area is 121 Å². The van der Waals surface area contributed by atoms with E-state index in [9.17, 15) is 5.11 Å². The second-order valence-corrected chi connectivity index (χ2v) is 6.45. The molecule has 0 amide bonds. The highest BCUT2D eigenvalue weighted by atomic mass is 16.3. The van der Waals surface area contributed by atoms with Crippen molar-refractivity contribution in [3.8, 4) is 0 Å². The molecule has 110 valence electrons. The summed E-state index contributed by atoms with van der Waals surface area (Å²) >= 11 is 0. The first-order chi connectivity index (χ1) is 9.81. The number of nitrogens with zero attached hydrogens (tertiary/aromatic N) is 3. The van der Waals surface area contributed by atoms with Gasteiger partial charge in [0.1, 0.15) is 0 Å². The van der Waals surface area contributed by atoms with Gasteiger partial charge in [-0.25, -0.2) is 0 Å². The molecule has 20 heavy (non-hydrogen) atoms. The highest BCUT2D eigenvalue weighted by molar-refractivity contribution is 4.99. The summed E-state index contributed by atoms with van der Waals surface area (Å²) in [5, 5.41) is 10.3. The normalized spacial score (nSPS) is 28.9. The first-order valence-corrected chi connectivity index (χ1v) is 7.96. The van der Waals surface area contributed by atoms with E-state index in [1.54, 1.807) is 12.4 Å². The van der Waals surface area contributed by atoms with E-state index in [1.165, 1.54) is 38.6 Å². The van der Waals surface area contributed by atoms with E-state index in [2.05, 4.69) is 14.9 Å². The molecular formula is C16H25N3O. The van der Waals surface area contributed by atoms with Crippen LogP contribution in [0.25, 0.3) is 0 Å². The van der Waals surface area contributed by atoms with Gasteiger partial charge in [0.2, 0.25) is 0 Å². The van der Waals surface area contributed by atoms with Gasteiger partial charge in [0.25, 0.3) is 0 Å². The fourth-order valence-corrected chi connectivity index (χ4v) is 3.73. The lowest BCUT2D eigenvalue weighted by atomic mass is 9.89. The lowest BCUT2D eigenvalue weighted by Gasteiger charge is -2.26. The van der Waals surface area contributed by atoms with Gasteiger partial charge in [0, 0.05) is 44.1 Å². The molecule has 1 saturated heterocycles. The highest BCUT2D eigenvalue weighted by Crippen LogP contribution is 2.27. The third kappa shape index (κ3) is 3.55. The van der Waals surface area contributed by atoms with E-state index in [1.807, 2.05) is 6.20 Å².